The summed E-state index contributed by atoms with van der Waals surface area (Å²) >= 11 is 1.44. The number of aromatic nitrogens is 2. The lowest BCUT2D eigenvalue weighted by molar-refractivity contribution is 0.107. The van der Waals surface area contributed by atoms with Gasteiger partial charge in [0.25, 0.3) is 15.1 Å². The first-order valence-electron chi connectivity index (χ1n) is 13.3. The summed E-state index contributed by atoms with van der Waals surface area (Å²) in [5.74, 6) is 1.05. The Morgan fingerprint density at radius 1 is 0.925 bits per heavy atom. The average Bonchev–Trinajstić information content (AvgIpc) is 3.51. The summed E-state index contributed by atoms with van der Waals surface area (Å²) in [6, 6.07) is 32.2. The monoisotopic (exact) mass is 567 g/mol. The lowest BCUT2D eigenvalue weighted by Crippen LogP contribution is -2.45. The molecular formula is C32H29N3O3S2. The van der Waals surface area contributed by atoms with Crippen molar-refractivity contribution in [3.8, 4) is 0 Å². The molecule has 0 spiro atoms. The van der Waals surface area contributed by atoms with Crippen LogP contribution in [0.25, 0.3) is 11.0 Å². The third kappa shape index (κ3) is 4.98. The molecule has 1 aliphatic heterocycles. The third-order valence-electron chi connectivity index (χ3n) is 7.22. The van der Waals surface area contributed by atoms with Gasteiger partial charge in [-0.05, 0) is 41.3 Å². The maximum absolute atomic E-state index is 13.4. The summed E-state index contributed by atoms with van der Waals surface area (Å²) in [5.41, 5.74) is 5.14. The molecule has 0 bridgehead atoms. The Bertz CT molecular complexity index is 1770. The zero-order valence-electron chi connectivity index (χ0n) is 22.1. The van der Waals surface area contributed by atoms with Gasteiger partial charge in [0.1, 0.15) is 10.7 Å². The van der Waals surface area contributed by atoms with Gasteiger partial charge in [-0.1, -0.05) is 104 Å². The van der Waals surface area contributed by atoms with Crippen molar-refractivity contribution >= 4 is 37.9 Å². The molecular weight excluding hydrogens is 539 g/mol. The summed E-state index contributed by atoms with van der Waals surface area (Å²) in [6.07, 6.45) is 2.33. The Morgan fingerprint density at radius 2 is 1.62 bits per heavy atom. The number of para-hydroxylation sites is 2. The second kappa shape index (κ2) is 10.7. The Balaban J connectivity index is 1.34. The van der Waals surface area contributed by atoms with Crippen molar-refractivity contribution in [2.75, 3.05) is 0 Å². The molecule has 0 radical (unpaired) electrons. The highest BCUT2D eigenvalue weighted by molar-refractivity contribution is 8.06. The molecule has 0 fully saturated rings. The van der Waals surface area contributed by atoms with Gasteiger partial charge in [0, 0.05) is 29.8 Å². The summed E-state index contributed by atoms with van der Waals surface area (Å²) in [6.45, 7) is 2.81. The number of nitrogens with one attached hydrogen (secondary N) is 1. The summed E-state index contributed by atoms with van der Waals surface area (Å²) in [7, 11) is -4.33. The van der Waals surface area contributed by atoms with Gasteiger partial charge in [-0.15, -0.1) is 0 Å². The van der Waals surface area contributed by atoms with Gasteiger partial charge >= 0.3 is 0 Å². The molecule has 1 atom stereocenters. The Morgan fingerprint density at radius 3 is 2.38 bits per heavy atom. The van der Waals surface area contributed by atoms with E-state index in [1.807, 2.05) is 66.7 Å². The predicted molar refractivity (Wildman–Crippen MR) is 160 cm³/mol. The largest absolute Gasteiger partial charge is 0.323 e. The molecule has 8 heteroatoms. The van der Waals surface area contributed by atoms with Crippen LogP contribution in [-0.2, 0) is 34.3 Å². The zero-order chi connectivity index (χ0) is 27.7. The number of hydrogen-bond donors (Lipinski definition) is 1. The molecule has 2 heterocycles. The zero-order valence-corrected chi connectivity index (χ0v) is 23.7. The fourth-order valence-electron chi connectivity index (χ4n) is 5.29. The second-order valence-corrected chi connectivity index (χ2v) is 12.9. The van der Waals surface area contributed by atoms with Crippen molar-refractivity contribution in [1.82, 2.24) is 14.3 Å². The Kier molecular flexibility index (Phi) is 7.08. The number of thioether (sulfide) groups is 1. The van der Waals surface area contributed by atoms with E-state index in [4.69, 9.17) is 4.98 Å². The number of nitrogens with zero attached hydrogens (tertiary/aromatic N) is 2. The average molecular weight is 568 g/mol. The first kappa shape index (κ1) is 26.5. The van der Waals surface area contributed by atoms with Crippen LogP contribution in [0.1, 0.15) is 46.2 Å². The van der Waals surface area contributed by atoms with Gasteiger partial charge in [-0.25, -0.2) is 13.4 Å². The highest BCUT2D eigenvalue weighted by Gasteiger charge is 2.44. The number of carbonyl (C=O) groups is 1. The molecule has 1 aromatic heterocycles. The molecule has 1 unspecified atom stereocenters. The molecule has 4 aromatic carbocycles. The minimum atomic E-state index is -4.33. The summed E-state index contributed by atoms with van der Waals surface area (Å²) < 4.78 is 31.9. The van der Waals surface area contributed by atoms with Crippen molar-refractivity contribution in [1.29, 1.82) is 0 Å². The number of sulfonamides is 1. The van der Waals surface area contributed by atoms with Crippen molar-refractivity contribution in [2.24, 2.45) is 0 Å². The van der Waals surface area contributed by atoms with Crippen molar-refractivity contribution in [2.45, 2.75) is 42.5 Å². The maximum Gasteiger partial charge on any atom is 0.291 e. The van der Waals surface area contributed by atoms with Crippen LogP contribution in [0.5, 0.6) is 0 Å². The number of fused-ring (bicyclic) bond motifs is 2. The van der Waals surface area contributed by atoms with Crippen molar-refractivity contribution in [3.63, 3.8) is 0 Å². The van der Waals surface area contributed by atoms with E-state index in [-0.39, 0.29) is 5.56 Å². The van der Waals surface area contributed by atoms with Crippen LogP contribution in [0.3, 0.4) is 0 Å². The smallest absolute Gasteiger partial charge is 0.291 e. The number of benzene rings is 4. The van der Waals surface area contributed by atoms with E-state index in [1.54, 1.807) is 18.2 Å². The van der Waals surface area contributed by atoms with E-state index in [0.29, 0.717) is 13.0 Å². The molecule has 40 heavy (non-hydrogen) atoms. The van der Waals surface area contributed by atoms with Crippen LogP contribution >= 0.6 is 11.8 Å². The third-order valence-corrected chi connectivity index (χ3v) is 10.1. The van der Waals surface area contributed by atoms with Gasteiger partial charge in [0.2, 0.25) is 0 Å². The molecule has 0 saturated heterocycles. The van der Waals surface area contributed by atoms with Crippen molar-refractivity contribution in [3.05, 3.63) is 131 Å². The quantitative estimate of drug-likeness (QED) is 0.238. The Hall–Kier alpha value is -3.72. The van der Waals surface area contributed by atoms with Gasteiger partial charge in [0.05, 0.1) is 11.0 Å². The first-order chi connectivity index (χ1) is 19.4. The van der Waals surface area contributed by atoms with Crippen LogP contribution in [0.2, 0.25) is 0 Å². The lowest BCUT2D eigenvalue weighted by atomic mass is 9.98. The SMILES string of the molecule is CCCc1nc2ccccc2n1Cc1ccc(C2(NS(=O)(=O)C(=O)c3ccccc3)Cc3ccccc3S2)cc1. The molecule has 1 N–H and O–H groups in total. The fraction of sp³-hybridized carbons (Fsp3) is 0.188. The maximum atomic E-state index is 13.4. The highest BCUT2D eigenvalue weighted by Crippen LogP contribution is 2.50. The van der Waals surface area contributed by atoms with Crippen LogP contribution in [0, 0.1) is 0 Å². The number of imidazole rings is 1. The minimum Gasteiger partial charge on any atom is -0.323 e. The number of carbonyl (C=O) groups excluding carboxylic acids is 1. The van der Waals surface area contributed by atoms with Crippen LogP contribution < -0.4 is 4.72 Å². The van der Waals surface area contributed by atoms with E-state index in [9.17, 15) is 13.2 Å². The molecule has 1 aliphatic rings. The normalized spacial score (nSPS) is 16.7. The molecule has 5 aromatic rings. The van der Waals surface area contributed by atoms with Crippen molar-refractivity contribution < 1.29 is 13.2 Å². The van der Waals surface area contributed by atoms with E-state index in [1.165, 1.54) is 23.9 Å². The van der Waals surface area contributed by atoms with Gasteiger partial charge < -0.3 is 4.57 Å². The van der Waals surface area contributed by atoms with Gasteiger partial charge in [-0.3, -0.25) is 4.79 Å². The number of aryl methyl sites for hydroxylation is 1. The number of hydrogen-bond acceptors (Lipinski definition) is 5. The van der Waals surface area contributed by atoms with Crippen LogP contribution in [0.15, 0.2) is 108 Å². The predicted octanol–water partition coefficient (Wildman–Crippen LogP) is 6.30. The Labute approximate surface area is 238 Å². The summed E-state index contributed by atoms with van der Waals surface area (Å²) in [4.78, 5) is 17.9. The molecule has 0 amide bonds. The standard InChI is InChI=1S/C32H29N3O3S2/c1-2-10-30-33-27-14-7-8-15-28(27)35(30)22-23-17-19-26(20-18-23)32(21-25-13-6-9-16-29(25)39-32)34-40(37,38)31(36)24-11-4-3-5-12-24/h3-9,11-20,34H,2,10,21-22H2,1H3. The minimum absolute atomic E-state index is 0.136. The topological polar surface area (TPSA) is 81.1 Å². The molecule has 6 rings (SSSR count). The van der Waals surface area contributed by atoms with E-state index in [2.05, 4.69) is 22.3 Å². The second-order valence-electron chi connectivity index (χ2n) is 10.0. The summed E-state index contributed by atoms with van der Waals surface area (Å²) in [5, 5.41) is -0.934. The van der Waals surface area contributed by atoms with Gasteiger partial charge in [0.15, 0.2) is 0 Å². The van der Waals surface area contributed by atoms with Crippen LogP contribution in [0.4, 0.5) is 0 Å². The van der Waals surface area contributed by atoms with E-state index >= 15 is 0 Å². The lowest BCUT2D eigenvalue weighted by Gasteiger charge is -2.29. The molecule has 0 aliphatic carbocycles. The van der Waals surface area contributed by atoms with E-state index in [0.717, 1.165) is 51.3 Å². The number of rotatable bonds is 8. The molecule has 202 valence electrons. The van der Waals surface area contributed by atoms with Crippen LogP contribution in [-0.4, -0.2) is 23.1 Å². The molecule has 6 nitrogen and oxygen atoms in total. The molecule has 0 saturated carbocycles. The van der Waals surface area contributed by atoms with Gasteiger partial charge in [-0.2, -0.15) is 4.72 Å². The van der Waals surface area contributed by atoms with E-state index < -0.39 is 20.0 Å². The fourth-order valence-corrected chi connectivity index (χ4v) is 8.22. The first-order valence-corrected chi connectivity index (χ1v) is 15.6. The highest BCUT2D eigenvalue weighted by atomic mass is 32.2.